The van der Waals surface area contributed by atoms with E-state index in [2.05, 4.69) is 10.6 Å². The Morgan fingerprint density at radius 2 is 1.96 bits per heavy atom. The highest BCUT2D eigenvalue weighted by Crippen LogP contribution is 2.31. The second kappa shape index (κ2) is 8.45. The number of nitrogens with one attached hydrogen (secondary N) is 2. The molecule has 0 saturated heterocycles. The van der Waals surface area contributed by atoms with Crippen LogP contribution in [0, 0.1) is 0 Å². The van der Waals surface area contributed by atoms with Crippen LogP contribution in [0.25, 0.3) is 0 Å². The number of rotatable bonds is 4. The predicted molar refractivity (Wildman–Crippen MR) is 105 cm³/mol. The van der Waals surface area contributed by atoms with Crippen molar-refractivity contribution in [3.63, 3.8) is 0 Å². The molecule has 2 N–H and O–H groups in total. The largest absolute Gasteiger partial charge is 0.449 e. The Labute approximate surface area is 165 Å². The second-order valence-corrected chi connectivity index (χ2v) is 7.47. The Morgan fingerprint density at radius 3 is 2.70 bits per heavy atom. The Morgan fingerprint density at radius 1 is 1.22 bits per heavy atom. The van der Waals surface area contributed by atoms with E-state index in [0.29, 0.717) is 28.6 Å². The molecule has 6 nitrogen and oxygen atoms in total. The molecule has 2 aromatic rings. The van der Waals surface area contributed by atoms with E-state index < -0.39 is 18.0 Å². The standard InChI is InChI=1S/C19H17ClN2O4S/c1-11(18(24)21-14-5-3-13(20)4-6-14)26-19(25)12-2-7-16-15(10-12)22-17(23)8-9-27-16/h2-7,10-11H,8-9H2,1H3,(H,21,24)(H,22,23)/t11-/m0/s1. The van der Waals surface area contributed by atoms with Gasteiger partial charge >= 0.3 is 5.97 Å². The zero-order valence-electron chi connectivity index (χ0n) is 14.5. The fourth-order valence-electron chi connectivity index (χ4n) is 2.41. The number of fused-ring (bicyclic) bond motifs is 1. The highest BCUT2D eigenvalue weighted by molar-refractivity contribution is 7.99. The number of anilines is 2. The van der Waals surface area contributed by atoms with Gasteiger partial charge in [0.05, 0.1) is 11.3 Å². The number of hydrogen-bond donors (Lipinski definition) is 2. The summed E-state index contributed by atoms with van der Waals surface area (Å²) in [6.07, 6.45) is -0.572. The van der Waals surface area contributed by atoms with Crippen LogP contribution in [0.3, 0.4) is 0 Å². The van der Waals surface area contributed by atoms with Crippen LogP contribution in [0.2, 0.25) is 5.02 Å². The number of carbonyl (C=O) groups excluding carboxylic acids is 3. The first-order chi connectivity index (χ1) is 12.9. The molecule has 1 heterocycles. The van der Waals surface area contributed by atoms with Gasteiger partial charge in [-0.25, -0.2) is 4.79 Å². The predicted octanol–water partition coefficient (Wildman–Crippen LogP) is 3.96. The average molecular weight is 405 g/mol. The fraction of sp³-hybridized carbons (Fsp3) is 0.211. The van der Waals surface area contributed by atoms with Crippen molar-refractivity contribution in [2.45, 2.75) is 24.3 Å². The fourth-order valence-corrected chi connectivity index (χ4v) is 3.47. The van der Waals surface area contributed by atoms with Gasteiger partial charge in [-0.05, 0) is 49.4 Å². The molecule has 1 aliphatic heterocycles. The molecule has 0 spiro atoms. The van der Waals surface area contributed by atoms with Gasteiger partial charge in [-0.15, -0.1) is 11.8 Å². The van der Waals surface area contributed by atoms with Gasteiger partial charge in [-0.2, -0.15) is 0 Å². The Kier molecular flexibility index (Phi) is 6.03. The van der Waals surface area contributed by atoms with Crippen molar-refractivity contribution in [2.24, 2.45) is 0 Å². The van der Waals surface area contributed by atoms with Crippen LogP contribution in [0.1, 0.15) is 23.7 Å². The van der Waals surface area contributed by atoms with E-state index >= 15 is 0 Å². The zero-order chi connectivity index (χ0) is 19.4. The van der Waals surface area contributed by atoms with Crippen LogP contribution < -0.4 is 10.6 Å². The zero-order valence-corrected chi connectivity index (χ0v) is 16.0. The lowest BCUT2D eigenvalue weighted by Crippen LogP contribution is -2.30. The summed E-state index contributed by atoms with van der Waals surface area (Å²) in [7, 11) is 0. The van der Waals surface area contributed by atoms with Gasteiger partial charge < -0.3 is 15.4 Å². The topological polar surface area (TPSA) is 84.5 Å². The number of esters is 1. The number of halogens is 1. The molecule has 3 rings (SSSR count). The molecule has 27 heavy (non-hydrogen) atoms. The first-order valence-electron chi connectivity index (χ1n) is 8.26. The monoisotopic (exact) mass is 404 g/mol. The lowest BCUT2D eigenvalue weighted by atomic mass is 10.2. The summed E-state index contributed by atoms with van der Waals surface area (Å²) >= 11 is 7.35. The maximum absolute atomic E-state index is 12.4. The third-order valence-electron chi connectivity index (χ3n) is 3.84. The molecular formula is C19H17ClN2O4S. The van der Waals surface area contributed by atoms with Crippen molar-refractivity contribution in [3.05, 3.63) is 53.1 Å². The summed E-state index contributed by atoms with van der Waals surface area (Å²) in [5.41, 5.74) is 1.40. The molecular weight excluding hydrogens is 388 g/mol. The lowest BCUT2D eigenvalue weighted by Gasteiger charge is -2.14. The third-order valence-corrected chi connectivity index (χ3v) is 5.17. The maximum Gasteiger partial charge on any atom is 0.338 e. The summed E-state index contributed by atoms with van der Waals surface area (Å²) in [6.45, 7) is 1.49. The Bertz CT molecular complexity index is 886. The number of thioether (sulfide) groups is 1. The number of hydrogen-bond acceptors (Lipinski definition) is 5. The van der Waals surface area contributed by atoms with Crippen LogP contribution >= 0.6 is 23.4 Å². The van der Waals surface area contributed by atoms with Gasteiger partial charge in [0.15, 0.2) is 6.10 Å². The van der Waals surface area contributed by atoms with E-state index in [1.807, 2.05) is 0 Å². The molecule has 0 saturated carbocycles. The summed E-state index contributed by atoms with van der Waals surface area (Å²) in [6, 6.07) is 11.6. The van der Waals surface area contributed by atoms with Crippen molar-refractivity contribution >= 4 is 52.5 Å². The SMILES string of the molecule is C[C@H](OC(=O)c1ccc2c(c1)NC(=O)CCS2)C(=O)Nc1ccc(Cl)cc1. The van der Waals surface area contributed by atoms with E-state index in [4.69, 9.17) is 16.3 Å². The highest BCUT2D eigenvalue weighted by atomic mass is 35.5. The Hall–Kier alpha value is -2.51. The van der Waals surface area contributed by atoms with Gasteiger partial charge in [0.1, 0.15) is 0 Å². The van der Waals surface area contributed by atoms with Crippen molar-refractivity contribution in [1.29, 1.82) is 0 Å². The molecule has 1 aliphatic rings. The second-order valence-electron chi connectivity index (χ2n) is 5.90. The summed E-state index contributed by atoms with van der Waals surface area (Å²) < 4.78 is 5.25. The van der Waals surface area contributed by atoms with Gasteiger partial charge in [0.25, 0.3) is 5.91 Å². The highest BCUT2D eigenvalue weighted by Gasteiger charge is 2.21. The van der Waals surface area contributed by atoms with Crippen molar-refractivity contribution < 1.29 is 19.1 Å². The molecule has 0 aromatic heterocycles. The molecule has 8 heteroatoms. The minimum Gasteiger partial charge on any atom is -0.449 e. The number of carbonyl (C=O) groups is 3. The number of benzene rings is 2. The summed E-state index contributed by atoms with van der Waals surface area (Å²) in [4.78, 5) is 37.2. The van der Waals surface area contributed by atoms with Gasteiger partial charge in [-0.3, -0.25) is 9.59 Å². The minimum absolute atomic E-state index is 0.0949. The van der Waals surface area contributed by atoms with Crippen molar-refractivity contribution in [2.75, 3.05) is 16.4 Å². The van der Waals surface area contributed by atoms with E-state index in [9.17, 15) is 14.4 Å². The summed E-state index contributed by atoms with van der Waals surface area (Å²) in [5, 5.41) is 5.98. The molecule has 0 bridgehead atoms. The molecule has 0 fully saturated rings. The van der Waals surface area contributed by atoms with Crippen LogP contribution in [0.4, 0.5) is 11.4 Å². The molecule has 1 atom stereocenters. The molecule has 140 valence electrons. The first-order valence-corrected chi connectivity index (χ1v) is 9.63. The van der Waals surface area contributed by atoms with E-state index in [1.54, 1.807) is 54.2 Å². The van der Waals surface area contributed by atoms with Crippen LogP contribution in [0.5, 0.6) is 0 Å². The van der Waals surface area contributed by atoms with E-state index in [1.165, 1.54) is 6.92 Å². The average Bonchev–Trinajstić information content (AvgIpc) is 2.83. The molecule has 2 aromatic carbocycles. The molecule has 0 unspecified atom stereocenters. The maximum atomic E-state index is 12.4. The van der Waals surface area contributed by atoms with Crippen LogP contribution in [-0.2, 0) is 14.3 Å². The molecule has 0 radical (unpaired) electrons. The number of amides is 2. The normalized spacial score (nSPS) is 14.4. The van der Waals surface area contributed by atoms with Crippen LogP contribution in [-0.4, -0.2) is 29.6 Å². The van der Waals surface area contributed by atoms with E-state index in [-0.39, 0.29) is 11.5 Å². The van der Waals surface area contributed by atoms with Crippen LogP contribution in [0.15, 0.2) is 47.4 Å². The van der Waals surface area contributed by atoms with Crippen molar-refractivity contribution in [3.8, 4) is 0 Å². The van der Waals surface area contributed by atoms with Gasteiger partial charge in [0, 0.05) is 27.8 Å². The first kappa shape index (κ1) is 19.3. The Balaban J connectivity index is 1.65. The van der Waals surface area contributed by atoms with Gasteiger partial charge in [-0.1, -0.05) is 11.6 Å². The van der Waals surface area contributed by atoms with Crippen molar-refractivity contribution in [1.82, 2.24) is 0 Å². The molecule has 2 amide bonds. The lowest BCUT2D eigenvalue weighted by molar-refractivity contribution is -0.123. The smallest absolute Gasteiger partial charge is 0.338 e. The number of ether oxygens (including phenoxy) is 1. The summed E-state index contributed by atoms with van der Waals surface area (Å²) in [5.74, 6) is -0.503. The van der Waals surface area contributed by atoms with Gasteiger partial charge in [0.2, 0.25) is 5.91 Å². The quantitative estimate of drug-likeness (QED) is 0.753. The minimum atomic E-state index is -0.990. The molecule has 0 aliphatic carbocycles. The third kappa shape index (κ3) is 5.02. The van der Waals surface area contributed by atoms with E-state index in [0.717, 1.165) is 4.90 Å².